The number of fused-ring (bicyclic) bond motifs is 1. The second kappa shape index (κ2) is 10.2. The average molecular weight is 433 g/mol. The van der Waals surface area contributed by atoms with Crippen molar-refractivity contribution in [3.05, 3.63) is 75.4 Å². The van der Waals surface area contributed by atoms with E-state index in [1.54, 1.807) is 55.4 Å². The molecule has 0 radical (unpaired) electrons. The highest BCUT2D eigenvalue weighted by molar-refractivity contribution is 5.92. The Morgan fingerprint density at radius 3 is 2.43 bits per heavy atom. The fraction of sp³-hybridized carbons (Fsp3) is 0.286. The monoisotopic (exact) mass is 432 g/mol. The van der Waals surface area contributed by atoms with Crippen LogP contribution in [0.3, 0.4) is 0 Å². The number of carbonyl (C=O) groups is 1. The number of aromatic nitrogens is 2. The van der Waals surface area contributed by atoms with Gasteiger partial charge in [-0.15, -0.1) is 12.4 Å². The number of halogens is 1. The Labute approximate surface area is 179 Å². The molecule has 0 saturated carbocycles. The molecule has 1 aromatic heterocycles. The Hall–Kier alpha value is -2.94. The smallest absolute Gasteiger partial charge is 0.331 e. The lowest BCUT2D eigenvalue weighted by atomic mass is 10.2. The number of hydrogen-bond donors (Lipinski definition) is 2. The molecule has 0 fully saturated rings. The number of carbonyl (C=O) groups excluding carboxylic acids is 1. The Kier molecular flexibility index (Phi) is 7.93. The highest BCUT2D eigenvalue weighted by atomic mass is 35.5. The van der Waals surface area contributed by atoms with E-state index in [1.165, 1.54) is 4.57 Å². The van der Waals surface area contributed by atoms with Gasteiger partial charge in [0.1, 0.15) is 0 Å². The summed E-state index contributed by atoms with van der Waals surface area (Å²) >= 11 is 0. The first-order valence-corrected chi connectivity index (χ1v) is 9.27. The predicted molar refractivity (Wildman–Crippen MR) is 119 cm³/mol. The van der Waals surface area contributed by atoms with Crippen LogP contribution in [0.15, 0.2) is 64.2 Å². The van der Waals surface area contributed by atoms with Gasteiger partial charge >= 0.3 is 5.69 Å². The molecule has 1 heterocycles. The summed E-state index contributed by atoms with van der Waals surface area (Å²) in [5, 5.41) is 13.6. The van der Waals surface area contributed by atoms with E-state index in [2.05, 4.69) is 5.32 Å². The van der Waals surface area contributed by atoms with Crippen LogP contribution in [0.25, 0.3) is 10.9 Å². The van der Waals surface area contributed by atoms with Crippen molar-refractivity contribution in [2.75, 3.05) is 25.5 Å². The van der Waals surface area contributed by atoms with Gasteiger partial charge in [0, 0.05) is 19.3 Å². The Balaban J connectivity index is 0.00000320. The summed E-state index contributed by atoms with van der Waals surface area (Å²) in [6.07, 6.45) is -0.990. The third-order valence-corrected chi connectivity index (χ3v) is 4.65. The standard InChI is InChI=1S/C21H24N4O4.ClH/c1-23(14-19(27)22-15-8-4-3-5-9-15)12-16(26)13-25-20(28)17-10-6-7-11-18(17)24(2)21(25)29;/h3-11,16,26H,12-14H2,1-2H3,(H,22,27);1H. The molecule has 2 aromatic carbocycles. The van der Waals surface area contributed by atoms with Gasteiger partial charge in [-0.3, -0.25) is 23.6 Å². The van der Waals surface area contributed by atoms with Crippen LogP contribution >= 0.6 is 12.4 Å². The summed E-state index contributed by atoms with van der Waals surface area (Å²) in [5.41, 5.74) is 0.310. The van der Waals surface area contributed by atoms with Crippen LogP contribution in [-0.2, 0) is 18.4 Å². The summed E-state index contributed by atoms with van der Waals surface area (Å²) in [6.45, 7) is 0.0438. The maximum Gasteiger partial charge on any atom is 0.331 e. The first-order chi connectivity index (χ1) is 13.9. The van der Waals surface area contributed by atoms with E-state index in [0.717, 1.165) is 4.57 Å². The zero-order valence-corrected chi connectivity index (χ0v) is 17.6. The van der Waals surface area contributed by atoms with Gasteiger partial charge in [-0.1, -0.05) is 30.3 Å². The van der Waals surface area contributed by atoms with E-state index >= 15 is 0 Å². The molecule has 2 N–H and O–H groups in total. The number of amides is 1. The van der Waals surface area contributed by atoms with E-state index in [4.69, 9.17) is 0 Å². The van der Waals surface area contributed by atoms with E-state index in [0.29, 0.717) is 16.6 Å². The van der Waals surface area contributed by atoms with Crippen molar-refractivity contribution >= 4 is 34.9 Å². The summed E-state index contributed by atoms with van der Waals surface area (Å²) in [5.74, 6) is -0.218. The van der Waals surface area contributed by atoms with Crippen LogP contribution in [0.5, 0.6) is 0 Å². The number of aryl methyl sites for hydroxylation is 1. The minimum Gasteiger partial charge on any atom is -0.390 e. The Morgan fingerprint density at radius 2 is 1.73 bits per heavy atom. The number of anilines is 1. The molecule has 9 heteroatoms. The van der Waals surface area contributed by atoms with Crippen molar-refractivity contribution in [2.45, 2.75) is 12.6 Å². The minimum atomic E-state index is -0.990. The number of para-hydroxylation sites is 2. The van der Waals surface area contributed by atoms with E-state index < -0.39 is 17.4 Å². The largest absolute Gasteiger partial charge is 0.390 e. The normalized spacial score (nSPS) is 11.9. The van der Waals surface area contributed by atoms with Gasteiger partial charge in [0.25, 0.3) is 5.56 Å². The number of likely N-dealkylation sites (N-methyl/N-ethyl adjacent to an activating group) is 1. The third kappa shape index (κ3) is 5.35. The minimum absolute atomic E-state index is 0. The summed E-state index contributed by atoms with van der Waals surface area (Å²) < 4.78 is 2.42. The van der Waals surface area contributed by atoms with Crippen molar-refractivity contribution in [1.29, 1.82) is 0 Å². The molecule has 8 nitrogen and oxygen atoms in total. The third-order valence-electron chi connectivity index (χ3n) is 4.65. The molecule has 160 valence electrons. The second-order valence-electron chi connectivity index (χ2n) is 7.04. The molecule has 0 aliphatic heterocycles. The highest BCUT2D eigenvalue weighted by Crippen LogP contribution is 2.07. The van der Waals surface area contributed by atoms with Crippen LogP contribution in [0.2, 0.25) is 0 Å². The molecule has 0 aliphatic carbocycles. The van der Waals surface area contributed by atoms with Crippen LogP contribution in [0.1, 0.15) is 0 Å². The first kappa shape index (κ1) is 23.3. The number of benzene rings is 2. The Morgan fingerprint density at radius 1 is 1.10 bits per heavy atom. The van der Waals surface area contributed by atoms with Gasteiger partial charge in [0.05, 0.1) is 30.1 Å². The first-order valence-electron chi connectivity index (χ1n) is 9.27. The number of aliphatic hydroxyl groups is 1. The molecule has 1 atom stereocenters. The van der Waals surface area contributed by atoms with Crippen LogP contribution in [0.4, 0.5) is 5.69 Å². The van der Waals surface area contributed by atoms with Crippen molar-refractivity contribution in [3.63, 3.8) is 0 Å². The average Bonchev–Trinajstić information content (AvgIpc) is 2.70. The predicted octanol–water partition coefficient (Wildman–Crippen LogP) is 1.05. The number of nitrogens with one attached hydrogen (secondary N) is 1. The maximum atomic E-state index is 12.7. The van der Waals surface area contributed by atoms with Gasteiger partial charge in [0.2, 0.25) is 5.91 Å². The molecule has 0 bridgehead atoms. The van der Waals surface area contributed by atoms with Gasteiger partial charge < -0.3 is 10.4 Å². The van der Waals surface area contributed by atoms with Crippen molar-refractivity contribution < 1.29 is 9.90 Å². The molecule has 0 saturated heterocycles. The van der Waals surface area contributed by atoms with E-state index in [1.807, 2.05) is 18.2 Å². The number of rotatable bonds is 7. The lowest BCUT2D eigenvalue weighted by Crippen LogP contribution is -2.44. The Bertz CT molecular complexity index is 1130. The lowest BCUT2D eigenvalue weighted by molar-refractivity contribution is -0.117. The van der Waals surface area contributed by atoms with Crippen molar-refractivity contribution in [1.82, 2.24) is 14.0 Å². The van der Waals surface area contributed by atoms with Gasteiger partial charge in [0.15, 0.2) is 0 Å². The zero-order chi connectivity index (χ0) is 21.0. The van der Waals surface area contributed by atoms with Crippen LogP contribution < -0.4 is 16.6 Å². The molecule has 1 unspecified atom stereocenters. The number of aliphatic hydroxyl groups excluding tert-OH is 1. The van der Waals surface area contributed by atoms with E-state index in [9.17, 15) is 19.5 Å². The van der Waals surface area contributed by atoms with Crippen molar-refractivity contribution in [2.24, 2.45) is 7.05 Å². The number of hydrogen-bond acceptors (Lipinski definition) is 5. The molecule has 1 amide bonds. The van der Waals surface area contributed by atoms with Gasteiger partial charge in [-0.2, -0.15) is 0 Å². The van der Waals surface area contributed by atoms with Crippen LogP contribution in [0, 0.1) is 0 Å². The summed E-state index contributed by atoms with van der Waals surface area (Å²) in [6, 6.07) is 15.9. The quantitative estimate of drug-likeness (QED) is 0.581. The molecule has 3 aromatic rings. The SMILES string of the molecule is CN(CC(=O)Nc1ccccc1)CC(O)Cn1c(=O)c2ccccc2n(C)c1=O.Cl. The molecule has 0 spiro atoms. The van der Waals surface area contributed by atoms with Gasteiger partial charge in [-0.05, 0) is 31.3 Å². The highest BCUT2D eigenvalue weighted by Gasteiger charge is 2.16. The van der Waals surface area contributed by atoms with E-state index in [-0.39, 0.29) is 37.9 Å². The zero-order valence-electron chi connectivity index (χ0n) is 16.8. The van der Waals surface area contributed by atoms with Crippen LogP contribution in [-0.4, -0.2) is 51.3 Å². The summed E-state index contributed by atoms with van der Waals surface area (Å²) in [7, 11) is 3.28. The fourth-order valence-corrected chi connectivity index (χ4v) is 3.28. The fourth-order valence-electron chi connectivity index (χ4n) is 3.28. The molecule has 30 heavy (non-hydrogen) atoms. The molecular formula is C21H25ClN4O4. The molecule has 3 rings (SSSR count). The van der Waals surface area contributed by atoms with Gasteiger partial charge in [-0.25, -0.2) is 4.79 Å². The molecule has 0 aliphatic rings. The maximum absolute atomic E-state index is 12.7. The topological polar surface area (TPSA) is 96.6 Å². The lowest BCUT2D eigenvalue weighted by Gasteiger charge is -2.21. The van der Waals surface area contributed by atoms with Crippen molar-refractivity contribution in [3.8, 4) is 0 Å². The molecular weight excluding hydrogens is 408 g/mol. The second-order valence-corrected chi connectivity index (χ2v) is 7.04. The number of nitrogens with zero attached hydrogens (tertiary/aromatic N) is 3. The summed E-state index contributed by atoms with van der Waals surface area (Å²) in [4.78, 5) is 39.0.